The fourth-order valence-corrected chi connectivity index (χ4v) is 3.05. The molecule has 0 radical (unpaired) electrons. The number of hydrogen-bond acceptors (Lipinski definition) is 5. The third-order valence-corrected chi connectivity index (χ3v) is 4.85. The SMILES string of the molecule is CC(=O)c1ccc(C(=O)NCCn2nc(C3CC3)ccc2=O)s1. The Morgan fingerprint density at radius 3 is 2.65 bits per heavy atom. The van der Waals surface area contributed by atoms with Crippen LogP contribution < -0.4 is 10.9 Å². The summed E-state index contributed by atoms with van der Waals surface area (Å²) in [7, 11) is 0. The van der Waals surface area contributed by atoms with Gasteiger partial charge in [-0.05, 0) is 38.0 Å². The summed E-state index contributed by atoms with van der Waals surface area (Å²) in [4.78, 5) is 36.1. The minimum absolute atomic E-state index is 0.0540. The quantitative estimate of drug-likeness (QED) is 0.819. The first kappa shape index (κ1) is 15.6. The van der Waals surface area contributed by atoms with Gasteiger partial charge in [0.25, 0.3) is 11.5 Å². The molecule has 0 aromatic carbocycles. The van der Waals surface area contributed by atoms with Gasteiger partial charge in [-0.15, -0.1) is 11.3 Å². The largest absolute Gasteiger partial charge is 0.349 e. The van der Waals surface area contributed by atoms with Gasteiger partial charge in [0.2, 0.25) is 0 Å². The second kappa shape index (κ2) is 6.45. The molecule has 3 rings (SSSR count). The highest BCUT2D eigenvalue weighted by atomic mass is 32.1. The van der Waals surface area contributed by atoms with Crippen LogP contribution in [0.5, 0.6) is 0 Å². The van der Waals surface area contributed by atoms with Crippen LogP contribution in [0.3, 0.4) is 0 Å². The van der Waals surface area contributed by atoms with Gasteiger partial charge in [0.1, 0.15) is 0 Å². The maximum Gasteiger partial charge on any atom is 0.266 e. The van der Waals surface area contributed by atoms with E-state index in [0.717, 1.165) is 18.5 Å². The first-order valence-corrected chi connectivity index (χ1v) is 8.33. The minimum Gasteiger partial charge on any atom is -0.349 e. The molecule has 1 N–H and O–H groups in total. The predicted octanol–water partition coefficient (Wildman–Crippen LogP) is 1.81. The van der Waals surface area contributed by atoms with E-state index in [0.29, 0.717) is 28.8 Å². The van der Waals surface area contributed by atoms with Crippen molar-refractivity contribution in [2.75, 3.05) is 6.54 Å². The molecule has 7 heteroatoms. The average Bonchev–Trinajstić information content (AvgIpc) is 3.24. The van der Waals surface area contributed by atoms with Gasteiger partial charge in [-0.25, -0.2) is 4.68 Å². The molecule has 6 nitrogen and oxygen atoms in total. The summed E-state index contributed by atoms with van der Waals surface area (Å²) in [6, 6.07) is 6.59. The third-order valence-electron chi connectivity index (χ3n) is 3.67. The van der Waals surface area contributed by atoms with Crippen molar-refractivity contribution < 1.29 is 9.59 Å². The Morgan fingerprint density at radius 1 is 1.26 bits per heavy atom. The highest BCUT2D eigenvalue weighted by Gasteiger charge is 2.25. The van der Waals surface area contributed by atoms with Gasteiger partial charge in [0, 0.05) is 18.5 Å². The Morgan fingerprint density at radius 2 is 2.00 bits per heavy atom. The molecule has 2 heterocycles. The maximum absolute atomic E-state index is 12.0. The van der Waals surface area contributed by atoms with Gasteiger partial charge in [-0.3, -0.25) is 14.4 Å². The van der Waals surface area contributed by atoms with Gasteiger partial charge in [-0.2, -0.15) is 5.10 Å². The highest BCUT2D eigenvalue weighted by Crippen LogP contribution is 2.38. The van der Waals surface area contributed by atoms with Gasteiger partial charge < -0.3 is 5.32 Å². The Hall–Kier alpha value is -2.28. The molecule has 0 spiro atoms. The second-order valence-electron chi connectivity index (χ2n) is 5.57. The fraction of sp³-hybridized carbons (Fsp3) is 0.375. The number of thiophene rings is 1. The molecule has 1 aliphatic carbocycles. The van der Waals surface area contributed by atoms with Crippen molar-refractivity contribution >= 4 is 23.0 Å². The van der Waals surface area contributed by atoms with E-state index in [-0.39, 0.29) is 17.2 Å². The van der Waals surface area contributed by atoms with Crippen molar-refractivity contribution in [3.8, 4) is 0 Å². The molecule has 1 amide bonds. The lowest BCUT2D eigenvalue weighted by Crippen LogP contribution is -2.31. The smallest absolute Gasteiger partial charge is 0.266 e. The molecule has 1 fully saturated rings. The number of Topliss-reactive ketones (excluding diaryl/α,β-unsaturated/α-hetero) is 1. The molecule has 1 saturated carbocycles. The average molecular weight is 331 g/mol. The Kier molecular flexibility index (Phi) is 4.38. The molecular weight excluding hydrogens is 314 g/mol. The van der Waals surface area contributed by atoms with Crippen LogP contribution in [0.15, 0.2) is 29.1 Å². The van der Waals surface area contributed by atoms with Crippen LogP contribution in [0.2, 0.25) is 0 Å². The number of nitrogens with one attached hydrogen (secondary N) is 1. The number of hydrogen-bond donors (Lipinski definition) is 1. The Bertz CT molecular complexity index is 805. The molecule has 2 aromatic heterocycles. The number of nitrogens with zero attached hydrogens (tertiary/aromatic N) is 2. The number of aromatic nitrogens is 2. The van der Waals surface area contributed by atoms with Crippen LogP contribution in [0.1, 0.15) is 50.7 Å². The minimum atomic E-state index is -0.242. The molecule has 0 bridgehead atoms. The lowest BCUT2D eigenvalue weighted by atomic mass is 10.3. The van der Waals surface area contributed by atoms with Crippen molar-refractivity contribution in [3.05, 3.63) is 50.1 Å². The zero-order valence-electron chi connectivity index (χ0n) is 12.7. The van der Waals surface area contributed by atoms with E-state index in [2.05, 4.69) is 10.4 Å². The summed E-state index contributed by atoms with van der Waals surface area (Å²) in [5.41, 5.74) is 0.777. The van der Waals surface area contributed by atoms with E-state index in [1.54, 1.807) is 18.2 Å². The maximum atomic E-state index is 12.0. The topological polar surface area (TPSA) is 81.1 Å². The molecule has 0 saturated heterocycles. The predicted molar refractivity (Wildman–Crippen MR) is 87.1 cm³/mol. The standard InChI is InChI=1S/C16H17N3O3S/c1-10(20)13-5-6-14(23-13)16(22)17-8-9-19-15(21)7-4-12(18-19)11-2-3-11/h4-7,11H,2-3,8-9H2,1H3,(H,17,22). The normalized spacial score (nSPS) is 13.8. The van der Waals surface area contributed by atoms with E-state index in [1.165, 1.54) is 29.0 Å². The summed E-state index contributed by atoms with van der Waals surface area (Å²) in [6.07, 6.45) is 2.25. The van der Waals surface area contributed by atoms with Crippen molar-refractivity contribution in [1.29, 1.82) is 0 Å². The number of ketones is 1. The molecule has 0 unspecified atom stereocenters. The zero-order chi connectivity index (χ0) is 16.4. The summed E-state index contributed by atoms with van der Waals surface area (Å²) >= 11 is 1.17. The first-order chi connectivity index (χ1) is 11.0. The van der Waals surface area contributed by atoms with Crippen LogP contribution >= 0.6 is 11.3 Å². The Balaban J connectivity index is 1.58. The highest BCUT2D eigenvalue weighted by molar-refractivity contribution is 7.15. The van der Waals surface area contributed by atoms with Crippen LogP contribution in [0.25, 0.3) is 0 Å². The number of amides is 1. The first-order valence-electron chi connectivity index (χ1n) is 7.51. The summed E-state index contributed by atoms with van der Waals surface area (Å²) < 4.78 is 1.39. The van der Waals surface area contributed by atoms with Crippen LogP contribution in [0.4, 0.5) is 0 Å². The monoisotopic (exact) mass is 331 g/mol. The van der Waals surface area contributed by atoms with E-state index in [4.69, 9.17) is 0 Å². The summed E-state index contributed by atoms with van der Waals surface area (Å²) in [6.45, 7) is 2.11. The van der Waals surface area contributed by atoms with Crippen LogP contribution in [-0.4, -0.2) is 28.0 Å². The Labute approximate surface area is 137 Å². The molecule has 2 aromatic rings. The summed E-state index contributed by atoms with van der Waals surface area (Å²) in [5.74, 6) is 0.183. The lowest BCUT2D eigenvalue weighted by molar-refractivity contribution is 0.0955. The van der Waals surface area contributed by atoms with Gasteiger partial charge in [0.05, 0.1) is 22.0 Å². The molecule has 0 aliphatic heterocycles. The molecule has 120 valence electrons. The third kappa shape index (κ3) is 3.73. The van der Waals surface area contributed by atoms with E-state index in [1.807, 2.05) is 0 Å². The van der Waals surface area contributed by atoms with E-state index < -0.39 is 0 Å². The van der Waals surface area contributed by atoms with Crippen molar-refractivity contribution in [2.24, 2.45) is 0 Å². The van der Waals surface area contributed by atoms with Gasteiger partial charge >= 0.3 is 0 Å². The lowest BCUT2D eigenvalue weighted by Gasteiger charge is -2.07. The van der Waals surface area contributed by atoms with Crippen LogP contribution in [-0.2, 0) is 6.54 Å². The van der Waals surface area contributed by atoms with Gasteiger partial charge in [-0.1, -0.05) is 0 Å². The molecule has 0 atom stereocenters. The van der Waals surface area contributed by atoms with E-state index >= 15 is 0 Å². The van der Waals surface area contributed by atoms with Crippen molar-refractivity contribution in [3.63, 3.8) is 0 Å². The fourth-order valence-electron chi connectivity index (χ4n) is 2.23. The molecule has 23 heavy (non-hydrogen) atoms. The zero-order valence-corrected chi connectivity index (χ0v) is 13.6. The van der Waals surface area contributed by atoms with Gasteiger partial charge in [0.15, 0.2) is 5.78 Å². The van der Waals surface area contributed by atoms with E-state index in [9.17, 15) is 14.4 Å². The van der Waals surface area contributed by atoms with Crippen molar-refractivity contribution in [1.82, 2.24) is 15.1 Å². The molecular formula is C16H17N3O3S. The molecule has 1 aliphatic rings. The van der Waals surface area contributed by atoms with Crippen LogP contribution in [0, 0.1) is 0 Å². The second-order valence-corrected chi connectivity index (χ2v) is 6.65. The summed E-state index contributed by atoms with van der Waals surface area (Å²) in [5, 5.41) is 7.09. The number of rotatable bonds is 6. The number of carbonyl (C=O) groups is 2. The van der Waals surface area contributed by atoms with Crippen molar-refractivity contribution in [2.45, 2.75) is 32.2 Å². The number of carbonyl (C=O) groups excluding carboxylic acids is 2.